The molecule has 0 amide bonds. The molecule has 3 aromatic rings. The Kier molecular flexibility index (Phi) is 7.99. The number of rotatable bonds is 10. The highest BCUT2D eigenvalue weighted by molar-refractivity contribution is 5.82. The molecule has 5 nitrogen and oxygen atoms in total. The topological polar surface area (TPSA) is 34.2 Å². The first-order valence-corrected chi connectivity index (χ1v) is 11.5. The molecule has 0 saturated carbocycles. The number of piperazine rings is 1. The molecule has 3 aromatic carbocycles. The summed E-state index contributed by atoms with van der Waals surface area (Å²) in [6.07, 6.45) is 0.962. The highest BCUT2D eigenvalue weighted by Gasteiger charge is 2.17. The van der Waals surface area contributed by atoms with Crippen molar-refractivity contribution in [1.82, 2.24) is 9.80 Å². The first kappa shape index (κ1) is 22.6. The Hall–Kier alpha value is -2.60. The van der Waals surface area contributed by atoms with E-state index in [-0.39, 0.29) is 0 Å². The van der Waals surface area contributed by atoms with Crippen LogP contribution in [0, 0.1) is 0 Å². The highest BCUT2D eigenvalue weighted by Crippen LogP contribution is 2.28. The van der Waals surface area contributed by atoms with Crippen molar-refractivity contribution in [3.8, 4) is 11.5 Å². The maximum atomic E-state index is 5.94. The van der Waals surface area contributed by atoms with Gasteiger partial charge in [-0.05, 0) is 40.5 Å². The molecule has 1 fully saturated rings. The minimum absolute atomic E-state index is 0.775. The van der Waals surface area contributed by atoms with Gasteiger partial charge in [-0.2, -0.15) is 0 Å². The van der Waals surface area contributed by atoms with Crippen molar-refractivity contribution in [2.45, 2.75) is 13.0 Å². The number of fused-ring (bicyclic) bond motifs is 1. The molecule has 0 aromatic heterocycles. The van der Waals surface area contributed by atoms with Gasteiger partial charge >= 0.3 is 0 Å². The Bertz CT molecular complexity index is 999. The summed E-state index contributed by atoms with van der Waals surface area (Å²) in [5.74, 6) is 1.58. The zero-order valence-corrected chi connectivity index (χ0v) is 19.3. The molecule has 1 heterocycles. The summed E-state index contributed by atoms with van der Waals surface area (Å²) in [7, 11) is 3.36. The summed E-state index contributed by atoms with van der Waals surface area (Å²) >= 11 is 0. The third-order valence-corrected chi connectivity index (χ3v) is 6.22. The molecule has 1 saturated heterocycles. The zero-order valence-electron chi connectivity index (χ0n) is 19.3. The second kappa shape index (κ2) is 11.3. The van der Waals surface area contributed by atoms with Gasteiger partial charge in [0.1, 0.15) is 0 Å². The van der Waals surface area contributed by atoms with Gasteiger partial charge in [0.05, 0.1) is 27.4 Å². The quantitative estimate of drug-likeness (QED) is 0.446. The second-order valence-corrected chi connectivity index (χ2v) is 8.35. The van der Waals surface area contributed by atoms with Crippen LogP contribution in [0.15, 0.2) is 60.7 Å². The predicted molar refractivity (Wildman–Crippen MR) is 130 cm³/mol. The lowest BCUT2D eigenvalue weighted by atomic mass is 10.1. The number of ether oxygens (including phenoxy) is 3. The Morgan fingerprint density at radius 1 is 0.688 bits per heavy atom. The van der Waals surface area contributed by atoms with Crippen molar-refractivity contribution in [2.75, 3.05) is 60.2 Å². The van der Waals surface area contributed by atoms with E-state index in [2.05, 4.69) is 64.4 Å². The van der Waals surface area contributed by atoms with Crippen LogP contribution < -0.4 is 9.47 Å². The molecule has 0 bridgehead atoms. The first-order valence-electron chi connectivity index (χ1n) is 11.5. The van der Waals surface area contributed by atoms with Crippen LogP contribution in [0.2, 0.25) is 0 Å². The lowest BCUT2D eigenvalue weighted by molar-refractivity contribution is 0.0747. The largest absolute Gasteiger partial charge is 0.493 e. The molecule has 0 N–H and O–H groups in total. The van der Waals surface area contributed by atoms with Crippen LogP contribution in [0.3, 0.4) is 0 Å². The van der Waals surface area contributed by atoms with E-state index in [0.29, 0.717) is 0 Å². The second-order valence-electron chi connectivity index (χ2n) is 8.35. The van der Waals surface area contributed by atoms with Gasteiger partial charge in [-0.15, -0.1) is 0 Å². The fourth-order valence-electron chi connectivity index (χ4n) is 4.29. The normalized spacial score (nSPS) is 15.2. The van der Waals surface area contributed by atoms with Crippen LogP contribution in [-0.4, -0.2) is 70.0 Å². The average Bonchev–Trinajstić information content (AvgIpc) is 2.84. The van der Waals surface area contributed by atoms with Crippen molar-refractivity contribution in [2.24, 2.45) is 0 Å². The maximum Gasteiger partial charge on any atom is 0.161 e. The molecule has 1 aliphatic rings. The van der Waals surface area contributed by atoms with Crippen LogP contribution >= 0.6 is 0 Å². The molecular formula is C27H34N2O3. The molecule has 0 aliphatic carbocycles. The van der Waals surface area contributed by atoms with E-state index in [9.17, 15) is 0 Å². The summed E-state index contributed by atoms with van der Waals surface area (Å²) in [4.78, 5) is 5.00. The van der Waals surface area contributed by atoms with Crippen molar-refractivity contribution >= 4 is 10.8 Å². The van der Waals surface area contributed by atoms with Gasteiger partial charge in [0.25, 0.3) is 0 Å². The lowest BCUT2D eigenvalue weighted by Gasteiger charge is -2.34. The lowest BCUT2D eigenvalue weighted by Crippen LogP contribution is -2.46. The van der Waals surface area contributed by atoms with Crippen LogP contribution in [-0.2, 0) is 17.7 Å². The fourth-order valence-corrected chi connectivity index (χ4v) is 4.29. The van der Waals surface area contributed by atoms with E-state index in [4.69, 9.17) is 14.2 Å². The Morgan fingerprint density at radius 2 is 1.41 bits per heavy atom. The monoisotopic (exact) mass is 434 g/mol. The third kappa shape index (κ3) is 6.00. The highest BCUT2D eigenvalue weighted by atomic mass is 16.5. The number of hydrogen-bond donors (Lipinski definition) is 0. The number of nitrogens with zero attached hydrogens (tertiary/aromatic N) is 2. The molecule has 0 spiro atoms. The summed E-state index contributed by atoms with van der Waals surface area (Å²) in [5, 5.41) is 2.60. The number of hydrogen-bond acceptors (Lipinski definition) is 5. The molecule has 5 heteroatoms. The van der Waals surface area contributed by atoms with Gasteiger partial charge in [0, 0.05) is 39.3 Å². The van der Waals surface area contributed by atoms with Crippen LogP contribution in [0.5, 0.6) is 11.5 Å². The maximum absolute atomic E-state index is 5.94. The third-order valence-electron chi connectivity index (χ3n) is 6.22. The summed E-state index contributed by atoms with van der Waals surface area (Å²) in [5.41, 5.74) is 2.60. The van der Waals surface area contributed by atoms with Crippen LogP contribution in [0.4, 0.5) is 0 Å². The Labute approximate surface area is 191 Å². The van der Waals surface area contributed by atoms with Gasteiger partial charge in [-0.3, -0.25) is 9.80 Å². The number of methoxy groups -OCH3 is 2. The number of benzene rings is 3. The predicted octanol–water partition coefficient (Wildman–Crippen LogP) is 4.23. The molecule has 0 atom stereocenters. The van der Waals surface area contributed by atoms with Crippen LogP contribution in [0.25, 0.3) is 10.8 Å². The molecule has 0 radical (unpaired) electrons. The van der Waals surface area contributed by atoms with E-state index in [1.807, 2.05) is 6.07 Å². The minimum Gasteiger partial charge on any atom is -0.493 e. The smallest absolute Gasteiger partial charge is 0.161 e. The zero-order chi connectivity index (χ0) is 22.2. The standard InChI is InChI=1S/C27H34N2O3/c1-30-26-10-8-23(20-27(26)31-2)21-29-14-12-28(13-15-29)16-18-32-17-11-22-7-9-24-5-3-4-6-25(24)19-22/h3-10,19-20H,11-18,21H2,1-2H3. The van der Waals surface area contributed by atoms with E-state index in [0.717, 1.165) is 70.4 Å². The summed E-state index contributed by atoms with van der Waals surface area (Å²) < 4.78 is 16.7. The molecule has 0 unspecified atom stereocenters. The summed E-state index contributed by atoms with van der Waals surface area (Å²) in [6.45, 7) is 7.83. The molecule has 170 valence electrons. The van der Waals surface area contributed by atoms with Crippen molar-refractivity contribution in [3.63, 3.8) is 0 Å². The minimum atomic E-state index is 0.775. The van der Waals surface area contributed by atoms with Gasteiger partial charge in [0.2, 0.25) is 0 Å². The first-order chi connectivity index (χ1) is 15.7. The molecular weight excluding hydrogens is 400 g/mol. The van der Waals surface area contributed by atoms with E-state index < -0.39 is 0 Å². The van der Waals surface area contributed by atoms with Gasteiger partial charge in [-0.25, -0.2) is 0 Å². The van der Waals surface area contributed by atoms with Gasteiger partial charge in [0.15, 0.2) is 11.5 Å². The average molecular weight is 435 g/mol. The van der Waals surface area contributed by atoms with Crippen LogP contribution in [0.1, 0.15) is 11.1 Å². The van der Waals surface area contributed by atoms with Crippen molar-refractivity contribution < 1.29 is 14.2 Å². The van der Waals surface area contributed by atoms with E-state index >= 15 is 0 Å². The van der Waals surface area contributed by atoms with E-state index in [1.165, 1.54) is 21.9 Å². The fraction of sp³-hybridized carbons (Fsp3) is 0.407. The molecule has 32 heavy (non-hydrogen) atoms. The SMILES string of the molecule is COc1ccc(CN2CCN(CCOCCc3ccc4ccccc4c3)CC2)cc1OC. The van der Waals surface area contributed by atoms with Crippen molar-refractivity contribution in [3.05, 3.63) is 71.8 Å². The summed E-state index contributed by atoms with van der Waals surface area (Å²) in [6, 6.07) is 21.4. The van der Waals surface area contributed by atoms with Crippen molar-refractivity contribution in [1.29, 1.82) is 0 Å². The van der Waals surface area contributed by atoms with E-state index in [1.54, 1.807) is 14.2 Å². The Morgan fingerprint density at radius 3 is 2.19 bits per heavy atom. The van der Waals surface area contributed by atoms with Gasteiger partial charge < -0.3 is 14.2 Å². The Balaban J connectivity index is 1.13. The molecule has 1 aliphatic heterocycles. The molecule has 4 rings (SSSR count). The van der Waals surface area contributed by atoms with Gasteiger partial charge in [-0.1, -0.05) is 48.5 Å².